The Morgan fingerprint density at radius 2 is 1.94 bits per heavy atom. The Bertz CT molecular complexity index is 329. The third-order valence-electron chi connectivity index (χ3n) is 3.04. The molecule has 0 radical (unpaired) electrons. The van der Waals surface area contributed by atoms with Gasteiger partial charge in [-0.25, -0.2) is 4.39 Å². The van der Waals surface area contributed by atoms with E-state index in [-0.39, 0.29) is 24.3 Å². The van der Waals surface area contributed by atoms with E-state index in [0.29, 0.717) is 0 Å². The molecule has 1 aromatic rings. The topological polar surface area (TPSA) is 29.3 Å². The smallest absolute Gasteiger partial charge is 0.146 e. The van der Waals surface area contributed by atoms with Gasteiger partial charge in [-0.2, -0.15) is 0 Å². The van der Waals surface area contributed by atoms with E-state index < -0.39 is 0 Å². The van der Waals surface area contributed by atoms with Gasteiger partial charge in [-0.1, -0.05) is 12.1 Å². The molecule has 4 heteroatoms. The Kier molecular flexibility index (Phi) is 4.56. The monoisotopic (exact) mass is 244 g/mol. The lowest BCUT2D eigenvalue weighted by molar-refractivity contribution is 0.493. The van der Waals surface area contributed by atoms with Gasteiger partial charge in [0.15, 0.2) is 0 Å². The first-order chi connectivity index (χ1) is 7.18. The number of rotatable bonds is 1. The molecular weight excluding hydrogens is 227 g/mol. The van der Waals surface area contributed by atoms with E-state index in [1.165, 1.54) is 6.07 Å². The minimum absolute atomic E-state index is 0. The van der Waals surface area contributed by atoms with Crippen LogP contribution in [0.2, 0.25) is 0 Å². The fourth-order valence-corrected chi connectivity index (χ4v) is 2.15. The lowest BCUT2D eigenvalue weighted by Gasteiger charge is -2.33. The molecule has 1 aliphatic heterocycles. The number of aryl methyl sites for hydroxylation is 1. The molecule has 0 unspecified atom stereocenters. The van der Waals surface area contributed by atoms with E-state index in [1.807, 2.05) is 13.0 Å². The summed E-state index contributed by atoms with van der Waals surface area (Å²) in [5.74, 6) is -0.120. The Labute approximate surface area is 102 Å². The fourth-order valence-electron chi connectivity index (χ4n) is 2.15. The van der Waals surface area contributed by atoms with Crippen LogP contribution < -0.4 is 10.6 Å². The number of halogens is 2. The normalized spacial score (nSPS) is 17.1. The molecule has 1 heterocycles. The van der Waals surface area contributed by atoms with Crippen LogP contribution in [0, 0.1) is 12.7 Å². The van der Waals surface area contributed by atoms with Gasteiger partial charge in [0.25, 0.3) is 0 Å². The Morgan fingerprint density at radius 1 is 1.31 bits per heavy atom. The molecule has 0 bridgehead atoms. The molecule has 1 fully saturated rings. The highest BCUT2D eigenvalue weighted by molar-refractivity contribution is 5.85. The molecular formula is C12H18ClFN2. The first kappa shape index (κ1) is 13.3. The van der Waals surface area contributed by atoms with Crippen LogP contribution in [0.4, 0.5) is 10.1 Å². The third-order valence-corrected chi connectivity index (χ3v) is 3.04. The van der Waals surface area contributed by atoms with Gasteiger partial charge in [-0.15, -0.1) is 12.4 Å². The second kappa shape index (κ2) is 5.51. The maximum absolute atomic E-state index is 13.7. The summed E-state index contributed by atoms with van der Waals surface area (Å²) in [5.41, 5.74) is 7.59. The molecule has 2 rings (SSSR count). The first-order valence-electron chi connectivity index (χ1n) is 5.44. The minimum Gasteiger partial charge on any atom is -0.369 e. The largest absolute Gasteiger partial charge is 0.369 e. The van der Waals surface area contributed by atoms with Crippen molar-refractivity contribution >= 4 is 18.1 Å². The van der Waals surface area contributed by atoms with E-state index in [0.717, 1.165) is 37.2 Å². The van der Waals surface area contributed by atoms with Gasteiger partial charge >= 0.3 is 0 Å². The van der Waals surface area contributed by atoms with Gasteiger partial charge in [0.05, 0.1) is 5.69 Å². The van der Waals surface area contributed by atoms with Crippen LogP contribution in [0.25, 0.3) is 0 Å². The van der Waals surface area contributed by atoms with Gasteiger partial charge < -0.3 is 10.6 Å². The zero-order valence-corrected chi connectivity index (χ0v) is 10.3. The molecule has 0 aliphatic carbocycles. The van der Waals surface area contributed by atoms with Crippen LogP contribution in [0.15, 0.2) is 18.2 Å². The molecule has 0 amide bonds. The summed E-state index contributed by atoms with van der Waals surface area (Å²) < 4.78 is 13.7. The molecule has 2 N–H and O–H groups in total. The number of hydrogen-bond acceptors (Lipinski definition) is 2. The van der Waals surface area contributed by atoms with Crippen molar-refractivity contribution in [1.29, 1.82) is 0 Å². The molecule has 0 saturated carbocycles. The van der Waals surface area contributed by atoms with Crippen molar-refractivity contribution in [3.05, 3.63) is 29.6 Å². The highest BCUT2D eigenvalue weighted by Gasteiger charge is 2.19. The van der Waals surface area contributed by atoms with Gasteiger partial charge in [0, 0.05) is 19.1 Å². The SMILES string of the molecule is Cc1cccc(F)c1N1CCC(N)CC1.Cl. The molecule has 16 heavy (non-hydrogen) atoms. The van der Waals surface area contributed by atoms with Crippen LogP contribution in [0.5, 0.6) is 0 Å². The molecule has 2 nitrogen and oxygen atoms in total. The summed E-state index contributed by atoms with van der Waals surface area (Å²) in [4.78, 5) is 2.11. The predicted octanol–water partition coefficient (Wildman–Crippen LogP) is 2.48. The van der Waals surface area contributed by atoms with Gasteiger partial charge in [0.1, 0.15) is 5.82 Å². The number of nitrogens with two attached hydrogens (primary N) is 1. The van der Waals surface area contributed by atoms with Crippen LogP contribution in [-0.2, 0) is 0 Å². The molecule has 1 saturated heterocycles. The molecule has 90 valence electrons. The number of para-hydroxylation sites is 1. The zero-order chi connectivity index (χ0) is 10.8. The molecule has 0 aromatic heterocycles. The van der Waals surface area contributed by atoms with E-state index in [4.69, 9.17) is 5.73 Å². The average Bonchev–Trinajstić information content (AvgIpc) is 2.20. The number of piperidine rings is 1. The number of nitrogens with zero attached hydrogens (tertiary/aromatic N) is 1. The quantitative estimate of drug-likeness (QED) is 0.823. The first-order valence-corrected chi connectivity index (χ1v) is 5.44. The van der Waals surface area contributed by atoms with E-state index in [2.05, 4.69) is 4.90 Å². The number of anilines is 1. The Hall–Kier alpha value is -0.800. The summed E-state index contributed by atoms with van der Waals surface area (Å²) in [6, 6.07) is 5.52. The fraction of sp³-hybridized carbons (Fsp3) is 0.500. The van der Waals surface area contributed by atoms with Crippen molar-refractivity contribution in [2.45, 2.75) is 25.8 Å². The average molecular weight is 245 g/mol. The molecule has 0 atom stereocenters. The second-order valence-corrected chi connectivity index (χ2v) is 4.23. The summed E-state index contributed by atoms with van der Waals surface area (Å²) in [6.45, 7) is 3.68. The van der Waals surface area contributed by atoms with E-state index in [9.17, 15) is 4.39 Å². The highest BCUT2D eigenvalue weighted by Crippen LogP contribution is 2.26. The Balaban J connectivity index is 0.00000128. The summed E-state index contributed by atoms with van der Waals surface area (Å²) in [5, 5.41) is 0. The predicted molar refractivity (Wildman–Crippen MR) is 67.8 cm³/mol. The molecule has 0 spiro atoms. The number of benzene rings is 1. The zero-order valence-electron chi connectivity index (χ0n) is 9.45. The van der Waals surface area contributed by atoms with Gasteiger partial charge in [0.2, 0.25) is 0 Å². The van der Waals surface area contributed by atoms with Crippen molar-refractivity contribution in [3.63, 3.8) is 0 Å². The van der Waals surface area contributed by atoms with Crippen molar-refractivity contribution in [3.8, 4) is 0 Å². The lowest BCUT2D eigenvalue weighted by atomic mass is 10.0. The van der Waals surface area contributed by atoms with Crippen LogP contribution in [0.1, 0.15) is 18.4 Å². The minimum atomic E-state index is -0.120. The van der Waals surface area contributed by atoms with Crippen molar-refractivity contribution in [2.24, 2.45) is 5.73 Å². The lowest BCUT2D eigenvalue weighted by Crippen LogP contribution is -2.40. The van der Waals surface area contributed by atoms with E-state index >= 15 is 0 Å². The second-order valence-electron chi connectivity index (χ2n) is 4.23. The Morgan fingerprint density at radius 3 is 2.50 bits per heavy atom. The maximum atomic E-state index is 13.7. The highest BCUT2D eigenvalue weighted by atomic mass is 35.5. The standard InChI is InChI=1S/C12H17FN2.ClH/c1-9-3-2-4-11(13)12(9)15-7-5-10(14)6-8-15;/h2-4,10H,5-8,14H2,1H3;1H. The molecule has 1 aromatic carbocycles. The van der Waals surface area contributed by atoms with Crippen LogP contribution in [0.3, 0.4) is 0 Å². The summed E-state index contributed by atoms with van der Waals surface area (Å²) >= 11 is 0. The van der Waals surface area contributed by atoms with Crippen molar-refractivity contribution < 1.29 is 4.39 Å². The van der Waals surface area contributed by atoms with Gasteiger partial charge in [-0.3, -0.25) is 0 Å². The van der Waals surface area contributed by atoms with Crippen molar-refractivity contribution in [2.75, 3.05) is 18.0 Å². The maximum Gasteiger partial charge on any atom is 0.146 e. The van der Waals surface area contributed by atoms with Crippen LogP contribution >= 0.6 is 12.4 Å². The third kappa shape index (κ3) is 2.66. The van der Waals surface area contributed by atoms with E-state index in [1.54, 1.807) is 6.07 Å². The molecule has 1 aliphatic rings. The number of hydrogen-bond donors (Lipinski definition) is 1. The van der Waals surface area contributed by atoms with Crippen molar-refractivity contribution in [1.82, 2.24) is 0 Å². The van der Waals surface area contributed by atoms with Gasteiger partial charge in [-0.05, 0) is 31.4 Å². The summed E-state index contributed by atoms with van der Waals surface area (Å²) in [7, 11) is 0. The summed E-state index contributed by atoms with van der Waals surface area (Å²) in [6.07, 6.45) is 1.90. The van der Waals surface area contributed by atoms with Crippen LogP contribution in [-0.4, -0.2) is 19.1 Å².